The molecular formula is C25H47N6O18P3. The number of nitrogens with two attached hydrogens (primary N) is 1. The number of aliphatic hydroxyl groups is 2. The van der Waals surface area contributed by atoms with Crippen molar-refractivity contribution in [1.29, 1.82) is 0 Å². The lowest BCUT2D eigenvalue weighted by molar-refractivity contribution is -0.0503. The number of aliphatic hydroxyl groups excluding tert-OH is 2. The van der Waals surface area contributed by atoms with Crippen molar-refractivity contribution in [2.45, 2.75) is 37.4 Å². The number of aromatic nitrogens is 4. The van der Waals surface area contributed by atoms with Crippen molar-refractivity contribution in [2.75, 3.05) is 98.2 Å². The Balaban J connectivity index is 1.34. The van der Waals surface area contributed by atoms with Gasteiger partial charge >= 0.3 is 23.5 Å². The Morgan fingerprint density at radius 2 is 1.40 bits per heavy atom. The summed E-state index contributed by atoms with van der Waals surface area (Å²) < 4.78 is 86.5. The third-order valence-electron chi connectivity index (χ3n) is 6.74. The van der Waals surface area contributed by atoms with E-state index in [9.17, 15) is 28.8 Å². The van der Waals surface area contributed by atoms with Crippen LogP contribution in [0.3, 0.4) is 0 Å². The molecule has 0 spiro atoms. The molecule has 52 heavy (non-hydrogen) atoms. The SMILES string of the molecule is COP(=O)(OP(=O)(O)O)OP(=O)(O)OCC1OC(n2cnc3c(NCCCOCCOCCOCCOCCOCCCN)ncnc32)C(O)C1O. The van der Waals surface area contributed by atoms with Crippen LogP contribution in [0.4, 0.5) is 5.82 Å². The van der Waals surface area contributed by atoms with E-state index in [-0.39, 0.29) is 5.65 Å². The van der Waals surface area contributed by atoms with E-state index in [1.807, 2.05) is 0 Å². The molecule has 2 aromatic rings. The minimum Gasteiger partial charge on any atom is -0.387 e. The topological polar surface area (TPSA) is 326 Å². The van der Waals surface area contributed by atoms with Gasteiger partial charge in [-0.05, 0) is 19.4 Å². The summed E-state index contributed by atoms with van der Waals surface area (Å²) in [5, 5.41) is 24.3. The van der Waals surface area contributed by atoms with Crippen molar-refractivity contribution in [3.05, 3.63) is 12.7 Å². The van der Waals surface area contributed by atoms with Crippen LogP contribution in [0.2, 0.25) is 0 Å². The third kappa shape index (κ3) is 15.6. The summed E-state index contributed by atoms with van der Waals surface area (Å²) in [6, 6.07) is 0. The van der Waals surface area contributed by atoms with Crippen LogP contribution in [-0.2, 0) is 59.8 Å². The molecule has 1 aliphatic rings. The first kappa shape index (κ1) is 44.8. The second-order valence-electron chi connectivity index (χ2n) is 10.6. The molecule has 0 saturated carbocycles. The van der Waals surface area contributed by atoms with E-state index in [4.69, 9.17) is 43.9 Å². The molecule has 1 aliphatic heterocycles. The standard InChI is InChI=1S/C25H47N6O18P3/c1-40-52(39,48-50(34,35)36)49-51(37,38)46-16-19-21(32)22(33)25(47-19)31-18-30-20-23(28-17-29-24(20)31)27-5-3-7-42-9-11-44-13-15-45-14-12-43-10-8-41-6-2-4-26/h17-19,21-22,25,32-33H,2-16,26H2,1H3,(H,37,38)(H,27,28,29)(H2,34,35,36). The molecule has 0 radical (unpaired) electrons. The summed E-state index contributed by atoms with van der Waals surface area (Å²) in [7, 11) is -15.5. The van der Waals surface area contributed by atoms with Gasteiger partial charge in [-0.1, -0.05) is 0 Å². The maximum Gasteiger partial charge on any atom is 0.492 e. The number of nitrogens with zero attached hydrogens (tertiary/aromatic N) is 4. The highest BCUT2D eigenvalue weighted by Gasteiger charge is 2.47. The van der Waals surface area contributed by atoms with Gasteiger partial charge in [-0.2, -0.15) is 8.62 Å². The molecule has 3 heterocycles. The molecule has 3 rings (SSSR count). The minimum absolute atomic E-state index is 0.218. The van der Waals surface area contributed by atoms with Crippen molar-refractivity contribution in [2.24, 2.45) is 5.73 Å². The number of hydrogen-bond donors (Lipinski definition) is 7. The van der Waals surface area contributed by atoms with Crippen LogP contribution in [0.15, 0.2) is 12.7 Å². The van der Waals surface area contributed by atoms with Gasteiger partial charge in [0.1, 0.15) is 24.6 Å². The summed E-state index contributed by atoms with van der Waals surface area (Å²) in [5.74, 6) is 0.375. The Hall–Kier alpha value is -1.60. The minimum atomic E-state index is -5.47. The summed E-state index contributed by atoms with van der Waals surface area (Å²) >= 11 is 0. The Bertz CT molecular complexity index is 1470. The number of nitrogens with one attached hydrogen (secondary N) is 1. The van der Waals surface area contributed by atoms with Gasteiger partial charge in [0.2, 0.25) is 0 Å². The molecule has 6 unspecified atom stereocenters. The van der Waals surface area contributed by atoms with Gasteiger partial charge in [-0.25, -0.2) is 28.6 Å². The first-order chi connectivity index (χ1) is 24.8. The molecule has 0 aliphatic carbocycles. The van der Waals surface area contributed by atoms with Crippen LogP contribution in [0.5, 0.6) is 0 Å². The summed E-state index contributed by atoms with van der Waals surface area (Å²) in [4.78, 5) is 40.2. The number of anilines is 1. The van der Waals surface area contributed by atoms with Gasteiger partial charge < -0.3 is 64.4 Å². The lowest BCUT2D eigenvalue weighted by Gasteiger charge is -2.20. The number of ether oxygens (including phenoxy) is 6. The highest BCUT2D eigenvalue weighted by Crippen LogP contribution is 2.68. The van der Waals surface area contributed by atoms with Crippen molar-refractivity contribution >= 4 is 40.4 Å². The molecule has 300 valence electrons. The Morgan fingerprint density at radius 3 is 1.96 bits per heavy atom. The molecule has 6 atom stereocenters. The molecule has 0 amide bonds. The fraction of sp³-hybridized carbons (Fsp3) is 0.800. The van der Waals surface area contributed by atoms with E-state index >= 15 is 0 Å². The van der Waals surface area contributed by atoms with Gasteiger partial charge in [0, 0.05) is 26.9 Å². The molecule has 8 N–H and O–H groups in total. The van der Waals surface area contributed by atoms with E-state index in [1.165, 1.54) is 17.2 Å². The van der Waals surface area contributed by atoms with Crippen LogP contribution >= 0.6 is 23.5 Å². The molecule has 2 aromatic heterocycles. The first-order valence-electron chi connectivity index (χ1n) is 15.9. The maximum absolute atomic E-state index is 12.3. The number of rotatable bonds is 29. The van der Waals surface area contributed by atoms with Crippen LogP contribution < -0.4 is 11.1 Å². The fourth-order valence-corrected chi connectivity index (χ4v) is 7.84. The van der Waals surface area contributed by atoms with E-state index in [2.05, 4.69) is 37.9 Å². The molecule has 0 aromatic carbocycles. The van der Waals surface area contributed by atoms with E-state index in [1.54, 1.807) is 0 Å². The number of fused-ring (bicyclic) bond motifs is 1. The average Bonchev–Trinajstić information content (AvgIpc) is 3.64. The summed E-state index contributed by atoms with van der Waals surface area (Å²) in [6.07, 6.45) is -2.03. The number of hydrogen-bond acceptors (Lipinski definition) is 20. The highest BCUT2D eigenvalue weighted by molar-refractivity contribution is 7.67. The zero-order chi connectivity index (χ0) is 38.0. The van der Waals surface area contributed by atoms with Crippen molar-refractivity contribution in [1.82, 2.24) is 19.5 Å². The van der Waals surface area contributed by atoms with Crippen LogP contribution in [-0.4, -0.2) is 156 Å². The molecule has 24 nitrogen and oxygen atoms in total. The van der Waals surface area contributed by atoms with Crippen LogP contribution in [0, 0.1) is 0 Å². The van der Waals surface area contributed by atoms with Crippen molar-refractivity contribution < 1.29 is 84.7 Å². The zero-order valence-corrected chi connectivity index (χ0v) is 31.0. The second kappa shape index (κ2) is 22.7. The van der Waals surface area contributed by atoms with Gasteiger partial charge in [0.25, 0.3) is 0 Å². The van der Waals surface area contributed by atoms with Crippen molar-refractivity contribution in [3.8, 4) is 0 Å². The predicted molar refractivity (Wildman–Crippen MR) is 177 cm³/mol. The normalized spacial score (nSPS) is 21.8. The zero-order valence-electron chi connectivity index (χ0n) is 28.3. The van der Waals surface area contributed by atoms with Gasteiger partial charge in [-0.15, -0.1) is 0 Å². The Labute approximate surface area is 298 Å². The first-order valence-corrected chi connectivity index (χ1v) is 20.4. The quantitative estimate of drug-likeness (QED) is 0.0409. The lowest BCUT2D eigenvalue weighted by atomic mass is 10.1. The van der Waals surface area contributed by atoms with Gasteiger partial charge in [-0.3, -0.25) is 13.6 Å². The molecule has 27 heteroatoms. The van der Waals surface area contributed by atoms with E-state index < -0.39 is 54.6 Å². The molecule has 0 bridgehead atoms. The van der Waals surface area contributed by atoms with E-state index in [0.29, 0.717) is 104 Å². The average molecular weight is 813 g/mol. The third-order valence-corrected chi connectivity index (χ3v) is 10.9. The number of imidazole rings is 1. The fourth-order valence-electron chi connectivity index (χ4n) is 4.34. The summed E-state index contributed by atoms with van der Waals surface area (Å²) in [6.45, 7) is 4.89. The van der Waals surface area contributed by atoms with Crippen LogP contribution in [0.25, 0.3) is 11.2 Å². The Morgan fingerprint density at radius 1 is 0.827 bits per heavy atom. The monoisotopic (exact) mass is 812 g/mol. The molecule has 1 saturated heterocycles. The van der Waals surface area contributed by atoms with E-state index in [0.717, 1.165) is 6.42 Å². The van der Waals surface area contributed by atoms with Crippen molar-refractivity contribution in [3.63, 3.8) is 0 Å². The summed E-state index contributed by atoms with van der Waals surface area (Å²) in [5.41, 5.74) is 5.92. The molecular weight excluding hydrogens is 765 g/mol. The number of phosphoric ester groups is 1. The smallest absolute Gasteiger partial charge is 0.387 e. The van der Waals surface area contributed by atoms with Gasteiger partial charge in [0.05, 0.1) is 65.8 Å². The van der Waals surface area contributed by atoms with Crippen LogP contribution in [0.1, 0.15) is 19.1 Å². The lowest BCUT2D eigenvalue weighted by Crippen LogP contribution is -2.33. The Kier molecular flexibility index (Phi) is 19.6. The second-order valence-corrected chi connectivity index (χ2v) is 15.4. The molecule has 1 fully saturated rings. The van der Waals surface area contributed by atoms with Gasteiger partial charge in [0.15, 0.2) is 23.2 Å². The largest absolute Gasteiger partial charge is 0.492 e. The predicted octanol–water partition coefficient (Wildman–Crippen LogP) is -0.323. The number of phosphoric acid groups is 3. The highest BCUT2D eigenvalue weighted by atomic mass is 31.3. The maximum atomic E-state index is 12.3.